The molecule has 0 bridgehead atoms. The molecule has 3 aromatic rings. The third-order valence-electron chi connectivity index (χ3n) is 4.57. The summed E-state index contributed by atoms with van der Waals surface area (Å²) in [6.07, 6.45) is 1.48. The van der Waals surface area contributed by atoms with E-state index >= 15 is 0 Å². The summed E-state index contributed by atoms with van der Waals surface area (Å²) in [5.74, 6) is 0.774. The second-order valence-electron chi connectivity index (χ2n) is 6.80. The molecule has 0 heterocycles. The van der Waals surface area contributed by atoms with Gasteiger partial charge >= 0.3 is 0 Å². The number of nitrogens with one attached hydrogen (secondary N) is 1. The van der Waals surface area contributed by atoms with Crippen molar-refractivity contribution >= 4 is 40.3 Å². The summed E-state index contributed by atoms with van der Waals surface area (Å²) in [5.41, 5.74) is 1.88. The van der Waals surface area contributed by atoms with Crippen LogP contribution in [0.15, 0.2) is 66.2 Å². The van der Waals surface area contributed by atoms with Crippen LogP contribution in [-0.2, 0) is 11.4 Å². The molecule has 0 spiro atoms. The number of anilines is 1. The maximum atomic E-state index is 13.1. The first-order valence-electron chi connectivity index (χ1n) is 9.75. The van der Waals surface area contributed by atoms with Crippen LogP contribution in [0, 0.1) is 20.7 Å². The summed E-state index contributed by atoms with van der Waals surface area (Å²) in [6.45, 7) is 0.232. The Hall–Kier alpha value is -3.58. The van der Waals surface area contributed by atoms with Gasteiger partial charge in [-0.1, -0.05) is 12.1 Å². The number of nitrogens with zero attached hydrogens (tertiary/aromatic N) is 1. The Balaban J connectivity index is 1.79. The van der Waals surface area contributed by atoms with Crippen molar-refractivity contribution < 1.29 is 23.4 Å². The predicted molar refractivity (Wildman–Crippen MR) is 132 cm³/mol. The molecule has 0 fully saturated rings. The Labute approximate surface area is 204 Å². The molecule has 1 amide bonds. The third-order valence-corrected chi connectivity index (χ3v) is 5.37. The Morgan fingerprint density at radius 3 is 2.39 bits per heavy atom. The smallest absolute Gasteiger partial charge is 0.266 e. The lowest BCUT2D eigenvalue weighted by molar-refractivity contribution is -0.112. The molecule has 0 aliphatic rings. The highest BCUT2D eigenvalue weighted by Gasteiger charge is 2.14. The van der Waals surface area contributed by atoms with Gasteiger partial charge in [0.05, 0.1) is 17.8 Å². The molecule has 33 heavy (non-hydrogen) atoms. The zero-order chi connectivity index (χ0) is 23.8. The third kappa shape index (κ3) is 6.46. The second kappa shape index (κ2) is 11.3. The average Bonchev–Trinajstić information content (AvgIpc) is 2.83. The van der Waals surface area contributed by atoms with Crippen molar-refractivity contribution in [2.75, 3.05) is 19.5 Å². The van der Waals surface area contributed by atoms with Crippen molar-refractivity contribution in [1.29, 1.82) is 5.26 Å². The molecule has 6 nitrogen and oxygen atoms in total. The van der Waals surface area contributed by atoms with Gasteiger partial charge in [-0.2, -0.15) is 5.26 Å². The van der Waals surface area contributed by atoms with Gasteiger partial charge in [0, 0.05) is 5.69 Å². The fraction of sp³-hybridized carbons (Fsp3) is 0.120. The average molecular weight is 558 g/mol. The lowest BCUT2D eigenvalue weighted by atomic mass is 10.1. The number of halogens is 2. The van der Waals surface area contributed by atoms with Crippen LogP contribution >= 0.6 is 22.6 Å². The number of ether oxygens (including phenoxy) is 3. The van der Waals surface area contributed by atoms with Crippen LogP contribution in [0.1, 0.15) is 11.1 Å². The molecule has 0 aliphatic carbocycles. The van der Waals surface area contributed by atoms with Crippen LogP contribution < -0.4 is 19.5 Å². The Bertz CT molecular complexity index is 1200. The quantitative estimate of drug-likeness (QED) is 0.222. The maximum absolute atomic E-state index is 13.1. The van der Waals surface area contributed by atoms with Crippen molar-refractivity contribution in [2.24, 2.45) is 0 Å². The summed E-state index contributed by atoms with van der Waals surface area (Å²) >= 11 is 2.09. The van der Waals surface area contributed by atoms with Gasteiger partial charge < -0.3 is 19.5 Å². The molecule has 0 atom stereocenters. The minimum Gasteiger partial charge on any atom is -0.497 e. The summed E-state index contributed by atoms with van der Waals surface area (Å²) < 4.78 is 30.3. The van der Waals surface area contributed by atoms with E-state index in [2.05, 4.69) is 27.9 Å². The van der Waals surface area contributed by atoms with E-state index in [4.69, 9.17) is 14.2 Å². The number of amides is 1. The Morgan fingerprint density at radius 2 is 1.79 bits per heavy atom. The zero-order valence-electron chi connectivity index (χ0n) is 17.9. The highest BCUT2D eigenvalue weighted by Crippen LogP contribution is 2.35. The van der Waals surface area contributed by atoms with Gasteiger partial charge in [-0.3, -0.25) is 4.79 Å². The highest BCUT2D eigenvalue weighted by atomic mass is 127. The van der Waals surface area contributed by atoms with Crippen LogP contribution in [0.2, 0.25) is 0 Å². The van der Waals surface area contributed by atoms with E-state index in [0.717, 1.165) is 9.13 Å². The first kappa shape index (κ1) is 24.1. The molecule has 8 heteroatoms. The van der Waals surface area contributed by atoms with E-state index in [0.29, 0.717) is 28.5 Å². The van der Waals surface area contributed by atoms with Gasteiger partial charge in [-0.15, -0.1) is 0 Å². The van der Waals surface area contributed by atoms with Crippen LogP contribution in [0.4, 0.5) is 10.1 Å². The van der Waals surface area contributed by atoms with Crippen molar-refractivity contribution in [3.05, 3.63) is 86.8 Å². The maximum Gasteiger partial charge on any atom is 0.266 e. The molecule has 3 aromatic carbocycles. The highest BCUT2D eigenvalue weighted by molar-refractivity contribution is 14.1. The van der Waals surface area contributed by atoms with E-state index in [1.807, 2.05) is 6.07 Å². The molecule has 1 N–H and O–H groups in total. The molecule has 0 saturated heterocycles. The lowest BCUT2D eigenvalue weighted by Crippen LogP contribution is -2.13. The summed E-state index contributed by atoms with van der Waals surface area (Å²) in [6, 6.07) is 18.2. The number of nitriles is 1. The molecule has 0 saturated carbocycles. The Kier molecular flexibility index (Phi) is 8.27. The molecule has 0 unspecified atom stereocenters. The van der Waals surface area contributed by atoms with E-state index in [9.17, 15) is 14.4 Å². The number of benzene rings is 3. The largest absolute Gasteiger partial charge is 0.497 e. The van der Waals surface area contributed by atoms with Crippen LogP contribution in [0.3, 0.4) is 0 Å². The minimum absolute atomic E-state index is 0.0661. The fourth-order valence-corrected chi connectivity index (χ4v) is 3.67. The monoisotopic (exact) mass is 558 g/mol. The summed E-state index contributed by atoms with van der Waals surface area (Å²) in [5, 5.41) is 12.2. The standard InChI is InChI=1S/C25H20FIN2O4/c1-31-21-9-7-20(8-10-21)29-25(30)18(14-28)11-17-12-22(27)24(23(13-17)32-2)33-15-16-3-5-19(26)6-4-16/h3-13H,15H2,1-2H3,(H,29,30)/b18-11-. The number of hydrogen-bond donors (Lipinski definition) is 1. The first-order valence-corrected chi connectivity index (χ1v) is 10.8. The lowest BCUT2D eigenvalue weighted by Gasteiger charge is -2.14. The van der Waals surface area contributed by atoms with Crippen LogP contribution in [0.5, 0.6) is 17.2 Å². The van der Waals surface area contributed by atoms with Crippen LogP contribution in [-0.4, -0.2) is 20.1 Å². The van der Waals surface area contributed by atoms with Gasteiger partial charge in [0.2, 0.25) is 0 Å². The number of hydrogen-bond acceptors (Lipinski definition) is 5. The van der Waals surface area contributed by atoms with Gasteiger partial charge in [-0.05, 0) is 88.3 Å². The van der Waals surface area contributed by atoms with E-state index in [1.54, 1.807) is 55.6 Å². The van der Waals surface area contributed by atoms with Crippen LogP contribution in [0.25, 0.3) is 6.08 Å². The normalized spacial score (nSPS) is 10.8. The van der Waals surface area contributed by atoms with E-state index in [-0.39, 0.29) is 18.0 Å². The molecule has 0 aromatic heterocycles. The molecule has 0 aliphatic heterocycles. The van der Waals surface area contributed by atoms with Gasteiger partial charge in [0.1, 0.15) is 29.8 Å². The summed E-state index contributed by atoms with van der Waals surface area (Å²) in [4.78, 5) is 12.6. The number of carbonyl (C=O) groups is 1. The van der Waals surface area contributed by atoms with E-state index in [1.165, 1.54) is 25.3 Å². The van der Waals surface area contributed by atoms with Gasteiger partial charge in [-0.25, -0.2) is 4.39 Å². The molecule has 168 valence electrons. The molecular weight excluding hydrogens is 538 g/mol. The predicted octanol–water partition coefficient (Wildman–Crippen LogP) is 5.57. The second-order valence-corrected chi connectivity index (χ2v) is 7.96. The van der Waals surface area contributed by atoms with Gasteiger partial charge in [0.15, 0.2) is 11.5 Å². The van der Waals surface area contributed by atoms with Crippen molar-refractivity contribution in [1.82, 2.24) is 0 Å². The Morgan fingerprint density at radius 1 is 1.09 bits per heavy atom. The first-order chi connectivity index (χ1) is 15.9. The fourth-order valence-electron chi connectivity index (χ4n) is 2.89. The van der Waals surface area contributed by atoms with Gasteiger partial charge in [0.25, 0.3) is 5.91 Å². The molecule has 0 radical (unpaired) electrons. The SMILES string of the molecule is COc1ccc(NC(=O)/C(C#N)=C\c2cc(I)c(OCc3ccc(F)cc3)c(OC)c2)cc1. The number of methoxy groups -OCH3 is 2. The minimum atomic E-state index is -0.534. The van der Waals surface area contributed by atoms with Crippen molar-refractivity contribution in [3.8, 4) is 23.3 Å². The summed E-state index contributed by atoms with van der Waals surface area (Å²) in [7, 11) is 3.06. The number of rotatable bonds is 8. The van der Waals surface area contributed by atoms with Crippen molar-refractivity contribution in [3.63, 3.8) is 0 Å². The molecule has 3 rings (SSSR count). The van der Waals surface area contributed by atoms with Crippen molar-refractivity contribution in [2.45, 2.75) is 6.61 Å². The number of carbonyl (C=O) groups excluding carboxylic acids is 1. The molecular formula is C25H20FIN2O4. The van der Waals surface area contributed by atoms with E-state index < -0.39 is 5.91 Å². The zero-order valence-corrected chi connectivity index (χ0v) is 20.1. The topological polar surface area (TPSA) is 80.6 Å².